The third kappa shape index (κ3) is 2.76. The van der Waals surface area contributed by atoms with Crippen molar-refractivity contribution in [3.63, 3.8) is 0 Å². The summed E-state index contributed by atoms with van der Waals surface area (Å²) in [6, 6.07) is 8.27. The Labute approximate surface area is 135 Å². The van der Waals surface area contributed by atoms with Gasteiger partial charge in [-0.3, -0.25) is 4.98 Å². The van der Waals surface area contributed by atoms with Gasteiger partial charge in [0.15, 0.2) is 5.65 Å². The van der Waals surface area contributed by atoms with E-state index in [2.05, 4.69) is 25.1 Å². The molecule has 0 aliphatic heterocycles. The van der Waals surface area contributed by atoms with E-state index in [1.54, 1.807) is 18.5 Å². The molecule has 0 aliphatic carbocycles. The Morgan fingerprint density at radius 2 is 2.04 bits per heavy atom. The number of ether oxygens (including phenoxy) is 1. The van der Waals surface area contributed by atoms with Gasteiger partial charge in [-0.25, -0.2) is 14.4 Å². The number of nitrogens with zero attached hydrogens (tertiary/aromatic N) is 5. The standard InChI is InChI=1S/C16H10FN5O2/c17-11-3-4-13(19-7-11)14(16-22-21-9-23-16)24-12-6-10-2-1-5-18-15(10)20-8-12/h1-9,14H. The second-order valence-corrected chi connectivity index (χ2v) is 4.90. The molecule has 24 heavy (non-hydrogen) atoms. The van der Waals surface area contributed by atoms with E-state index in [4.69, 9.17) is 9.15 Å². The fraction of sp³-hybridized carbons (Fsp3) is 0.0625. The summed E-state index contributed by atoms with van der Waals surface area (Å²) in [5.41, 5.74) is 1.05. The molecule has 4 aromatic heterocycles. The van der Waals surface area contributed by atoms with Gasteiger partial charge in [0.2, 0.25) is 12.5 Å². The predicted octanol–water partition coefficient (Wildman–Crippen LogP) is 2.72. The van der Waals surface area contributed by atoms with Gasteiger partial charge in [-0.1, -0.05) is 0 Å². The number of halogens is 1. The van der Waals surface area contributed by atoms with Crippen LogP contribution in [0.5, 0.6) is 5.75 Å². The Hall–Kier alpha value is -3.42. The molecule has 0 bridgehead atoms. The molecule has 0 spiro atoms. The second-order valence-electron chi connectivity index (χ2n) is 4.90. The Balaban J connectivity index is 1.71. The zero-order valence-corrected chi connectivity index (χ0v) is 12.2. The molecule has 0 N–H and O–H groups in total. The lowest BCUT2D eigenvalue weighted by atomic mass is 10.2. The summed E-state index contributed by atoms with van der Waals surface area (Å²) in [5.74, 6) is 0.242. The highest BCUT2D eigenvalue weighted by atomic mass is 19.1. The number of aromatic nitrogens is 5. The topological polar surface area (TPSA) is 86.8 Å². The van der Waals surface area contributed by atoms with E-state index in [0.717, 1.165) is 11.6 Å². The van der Waals surface area contributed by atoms with E-state index < -0.39 is 11.9 Å². The molecule has 118 valence electrons. The van der Waals surface area contributed by atoms with Crippen LogP contribution >= 0.6 is 0 Å². The van der Waals surface area contributed by atoms with Crippen LogP contribution in [0.4, 0.5) is 4.39 Å². The molecule has 4 aromatic rings. The average Bonchev–Trinajstić information content (AvgIpc) is 3.15. The van der Waals surface area contributed by atoms with Crippen LogP contribution in [0, 0.1) is 5.82 Å². The van der Waals surface area contributed by atoms with Crippen molar-refractivity contribution in [2.45, 2.75) is 6.10 Å². The van der Waals surface area contributed by atoms with E-state index >= 15 is 0 Å². The maximum absolute atomic E-state index is 13.1. The maximum atomic E-state index is 13.1. The summed E-state index contributed by atoms with van der Waals surface area (Å²) < 4.78 is 24.3. The van der Waals surface area contributed by atoms with Gasteiger partial charge in [0, 0.05) is 11.6 Å². The minimum absolute atomic E-state index is 0.209. The fourth-order valence-electron chi connectivity index (χ4n) is 2.22. The lowest BCUT2D eigenvalue weighted by Gasteiger charge is -2.15. The predicted molar refractivity (Wildman–Crippen MR) is 80.5 cm³/mol. The number of hydrogen-bond acceptors (Lipinski definition) is 7. The average molecular weight is 323 g/mol. The minimum Gasteiger partial charge on any atom is -0.473 e. The third-order valence-electron chi connectivity index (χ3n) is 3.30. The van der Waals surface area contributed by atoms with Crippen molar-refractivity contribution >= 4 is 11.0 Å². The summed E-state index contributed by atoms with van der Waals surface area (Å²) in [5, 5.41) is 8.34. The molecule has 0 amide bonds. The summed E-state index contributed by atoms with van der Waals surface area (Å²) in [6.07, 6.45) is 4.73. The quantitative estimate of drug-likeness (QED) is 0.570. The summed E-state index contributed by atoms with van der Waals surface area (Å²) in [6.45, 7) is 0. The molecule has 1 unspecified atom stereocenters. The molecular weight excluding hydrogens is 313 g/mol. The van der Waals surface area contributed by atoms with Crippen LogP contribution < -0.4 is 4.74 Å². The molecule has 0 saturated heterocycles. The molecule has 1 atom stereocenters. The van der Waals surface area contributed by atoms with Gasteiger partial charge in [-0.05, 0) is 30.3 Å². The third-order valence-corrected chi connectivity index (χ3v) is 3.30. The summed E-state index contributed by atoms with van der Waals surface area (Å²) in [7, 11) is 0. The zero-order valence-electron chi connectivity index (χ0n) is 12.2. The number of pyridine rings is 3. The van der Waals surface area contributed by atoms with Gasteiger partial charge in [-0.2, -0.15) is 0 Å². The summed E-state index contributed by atoms with van der Waals surface area (Å²) >= 11 is 0. The second kappa shape index (κ2) is 5.99. The fourth-order valence-corrected chi connectivity index (χ4v) is 2.22. The largest absolute Gasteiger partial charge is 0.473 e. The Kier molecular flexibility index (Phi) is 3.54. The van der Waals surface area contributed by atoms with Gasteiger partial charge in [-0.15, -0.1) is 10.2 Å². The van der Waals surface area contributed by atoms with Crippen molar-refractivity contribution in [1.29, 1.82) is 0 Å². The highest BCUT2D eigenvalue weighted by molar-refractivity contribution is 5.75. The first-order chi connectivity index (χ1) is 11.8. The molecule has 4 rings (SSSR count). The first-order valence-electron chi connectivity index (χ1n) is 7.04. The number of rotatable bonds is 4. The van der Waals surface area contributed by atoms with Crippen LogP contribution in [0.2, 0.25) is 0 Å². The molecule has 0 aliphatic rings. The van der Waals surface area contributed by atoms with Crippen molar-refractivity contribution in [1.82, 2.24) is 25.1 Å². The SMILES string of the molecule is Fc1ccc(C(Oc2cnc3ncccc3c2)c2nnco2)nc1. The van der Waals surface area contributed by atoms with Gasteiger partial charge in [0.05, 0.1) is 18.1 Å². The van der Waals surface area contributed by atoms with E-state index in [1.165, 1.54) is 18.5 Å². The molecule has 0 fully saturated rings. The Morgan fingerprint density at radius 1 is 1.08 bits per heavy atom. The van der Waals surface area contributed by atoms with Crippen LogP contribution in [0.15, 0.2) is 59.7 Å². The highest BCUT2D eigenvalue weighted by Gasteiger charge is 2.23. The molecule has 0 radical (unpaired) electrons. The van der Waals surface area contributed by atoms with Crippen LogP contribution in [0.1, 0.15) is 17.7 Å². The lowest BCUT2D eigenvalue weighted by molar-refractivity contribution is 0.203. The molecule has 0 aromatic carbocycles. The van der Waals surface area contributed by atoms with Crippen LogP contribution in [-0.4, -0.2) is 25.1 Å². The van der Waals surface area contributed by atoms with Gasteiger partial charge in [0.25, 0.3) is 5.89 Å². The Morgan fingerprint density at radius 3 is 2.83 bits per heavy atom. The Bertz CT molecular complexity index is 960. The molecule has 8 heteroatoms. The van der Waals surface area contributed by atoms with Crippen LogP contribution in [-0.2, 0) is 0 Å². The van der Waals surface area contributed by atoms with Crippen LogP contribution in [0.25, 0.3) is 11.0 Å². The van der Waals surface area contributed by atoms with Gasteiger partial charge in [0.1, 0.15) is 11.6 Å². The van der Waals surface area contributed by atoms with E-state index in [9.17, 15) is 4.39 Å². The van der Waals surface area contributed by atoms with Gasteiger partial charge >= 0.3 is 0 Å². The first kappa shape index (κ1) is 14.2. The summed E-state index contributed by atoms with van der Waals surface area (Å²) in [4.78, 5) is 12.4. The molecule has 0 saturated carbocycles. The molecule has 4 heterocycles. The normalized spacial score (nSPS) is 12.2. The maximum Gasteiger partial charge on any atom is 0.263 e. The monoisotopic (exact) mass is 323 g/mol. The van der Waals surface area contributed by atoms with Crippen molar-refractivity contribution in [3.05, 3.63) is 72.7 Å². The van der Waals surface area contributed by atoms with E-state index in [-0.39, 0.29) is 5.89 Å². The van der Waals surface area contributed by atoms with Crippen molar-refractivity contribution < 1.29 is 13.5 Å². The smallest absolute Gasteiger partial charge is 0.263 e. The van der Waals surface area contributed by atoms with Crippen molar-refractivity contribution in [2.75, 3.05) is 0 Å². The molecule has 7 nitrogen and oxygen atoms in total. The van der Waals surface area contributed by atoms with Gasteiger partial charge < -0.3 is 9.15 Å². The first-order valence-corrected chi connectivity index (χ1v) is 7.04. The van der Waals surface area contributed by atoms with Crippen molar-refractivity contribution in [2.24, 2.45) is 0 Å². The van der Waals surface area contributed by atoms with Crippen molar-refractivity contribution in [3.8, 4) is 5.75 Å². The lowest BCUT2D eigenvalue weighted by Crippen LogP contribution is -2.12. The number of hydrogen-bond donors (Lipinski definition) is 0. The van der Waals surface area contributed by atoms with E-state index in [0.29, 0.717) is 17.1 Å². The molecular formula is C16H10FN5O2. The minimum atomic E-state index is -0.774. The highest BCUT2D eigenvalue weighted by Crippen LogP contribution is 2.27. The van der Waals surface area contributed by atoms with Crippen LogP contribution in [0.3, 0.4) is 0 Å². The zero-order chi connectivity index (χ0) is 16.4. The number of fused-ring (bicyclic) bond motifs is 1. The van der Waals surface area contributed by atoms with E-state index in [1.807, 2.05) is 12.1 Å².